The van der Waals surface area contributed by atoms with Gasteiger partial charge in [0.05, 0.1) is 43.6 Å². The Kier molecular flexibility index (Phi) is 6.45. The standard InChI is InChI=1S/C22H24N2O7S/c1-23-17-6-4-5-7-19(17)32-22(23)20(30-11-10-29-9-8-27-2)13-15-12-16(24(25)26)14-18(28-3)21(15)31-22/h4-7,12-14H,8-11H2,1-3H3. The van der Waals surface area contributed by atoms with Crippen molar-refractivity contribution >= 4 is 29.2 Å². The van der Waals surface area contributed by atoms with Crippen molar-refractivity contribution in [3.63, 3.8) is 0 Å². The van der Waals surface area contributed by atoms with Gasteiger partial charge in [-0.1, -0.05) is 12.1 Å². The summed E-state index contributed by atoms with van der Waals surface area (Å²) in [5.74, 6) is 1.23. The number of likely N-dealkylation sites (N-methyl/N-ethyl adjacent to an activating group) is 1. The molecule has 0 aliphatic carbocycles. The lowest BCUT2D eigenvalue weighted by atomic mass is 10.1. The lowest BCUT2D eigenvalue weighted by Crippen LogP contribution is -2.49. The maximum Gasteiger partial charge on any atom is 0.295 e. The number of anilines is 1. The van der Waals surface area contributed by atoms with Crippen LogP contribution in [0.5, 0.6) is 11.5 Å². The van der Waals surface area contributed by atoms with Crippen LogP contribution in [0.25, 0.3) is 6.08 Å². The van der Waals surface area contributed by atoms with Crippen LogP contribution in [-0.4, -0.2) is 57.7 Å². The van der Waals surface area contributed by atoms with E-state index in [1.165, 1.54) is 31.0 Å². The first-order valence-electron chi connectivity index (χ1n) is 9.99. The Hall–Kier alpha value is -2.95. The molecule has 2 heterocycles. The minimum absolute atomic E-state index is 0.0886. The molecule has 170 valence electrons. The third-order valence-electron chi connectivity index (χ3n) is 5.17. The van der Waals surface area contributed by atoms with Gasteiger partial charge in [0.25, 0.3) is 10.7 Å². The van der Waals surface area contributed by atoms with Gasteiger partial charge in [0.1, 0.15) is 6.61 Å². The van der Waals surface area contributed by atoms with Crippen molar-refractivity contribution < 1.29 is 28.6 Å². The lowest BCUT2D eigenvalue weighted by Gasteiger charge is -2.40. The lowest BCUT2D eigenvalue weighted by molar-refractivity contribution is -0.385. The molecule has 2 aromatic rings. The van der Waals surface area contributed by atoms with E-state index in [0.717, 1.165) is 10.6 Å². The number of benzene rings is 2. The second-order valence-corrected chi connectivity index (χ2v) is 8.30. The topological polar surface area (TPSA) is 92.5 Å². The fourth-order valence-electron chi connectivity index (χ4n) is 3.59. The molecule has 2 aliphatic rings. The summed E-state index contributed by atoms with van der Waals surface area (Å²) in [7, 11) is 5.00. The van der Waals surface area contributed by atoms with Crippen LogP contribution >= 0.6 is 11.8 Å². The highest BCUT2D eigenvalue weighted by Crippen LogP contribution is 2.57. The maximum absolute atomic E-state index is 11.4. The van der Waals surface area contributed by atoms with Gasteiger partial charge in [-0.2, -0.15) is 0 Å². The van der Waals surface area contributed by atoms with Crippen molar-refractivity contribution in [1.29, 1.82) is 0 Å². The SMILES string of the molecule is COCCOCCOC1=Cc2cc([N+](=O)[O-])cc(OC)c2OC12Sc1ccccc1N2C. The molecule has 4 rings (SSSR count). The van der Waals surface area contributed by atoms with Gasteiger partial charge in [0.2, 0.25) is 0 Å². The number of hydrogen-bond acceptors (Lipinski definition) is 9. The van der Waals surface area contributed by atoms with E-state index in [2.05, 4.69) is 0 Å². The smallest absolute Gasteiger partial charge is 0.295 e. The van der Waals surface area contributed by atoms with Crippen molar-refractivity contribution in [2.75, 3.05) is 52.6 Å². The highest BCUT2D eigenvalue weighted by molar-refractivity contribution is 8.01. The Morgan fingerprint density at radius 1 is 1.16 bits per heavy atom. The Labute approximate surface area is 190 Å². The molecule has 0 radical (unpaired) electrons. The summed E-state index contributed by atoms with van der Waals surface area (Å²) in [5, 5.41) is 10.4. The molecule has 0 bridgehead atoms. The zero-order valence-electron chi connectivity index (χ0n) is 18.0. The van der Waals surface area contributed by atoms with Crippen LogP contribution in [-0.2, 0) is 14.2 Å². The van der Waals surface area contributed by atoms with Crippen LogP contribution in [0, 0.1) is 10.1 Å². The van der Waals surface area contributed by atoms with Gasteiger partial charge < -0.3 is 28.6 Å². The van der Waals surface area contributed by atoms with Gasteiger partial charge in [0, 0.05) is 30.7 Å². The zero-order chi connectivity index (χ0) is 22.7. The van der Waals surface area contributed by atoms with E-state index in [1.54, 1.807) is 13.2 Å². The number of nitro groups is 1. The van der Waals surface area contributed by atoms with Crippen molar-refractivity contribution in [2.45, 2.75) is 9.95 Å². The predicted molar refractivity (Wildman–Crippen MR) is 120 cm³/mol. The number of thioether (sulfide) groups is 1. The largest absolute Gasteiger partial charge is 0.493 e. The molecule has 2 aromatic carbocycles. The molecular weight excluding hydrogens is 436 g/mol. The van der Waals surface area contributed by atoms with Crippen LogP contribution in [0.15, 0.2) is 47.1 Å². The molecule has 2 aliphatic heterocycles. The second kappa shape index (κ2) is 9.27. The first-order valence-corrected chi connectivity index (χ1v) is 10.8. The minimum atomic E-state index is -1.02. The molecule has 0 fully saturated rings. The first kappa shape index (κ1) is 22.3. The number of ether oxygens (including phenoxy) is 5. The number of nitro benzene ring substituents is 1. The minimum Gasteiger partial charge on any atom is -0.493 e. The van der Waals surface area contributed by atoms with E-state index in [1.807, 2.05) is 36.2 Å². The Morgan fingerprint density at radius 3 is 2.66 bits per heavy atom. The fraction of sp³-hybridized carbons (Fsp3) is 0.364. The molecule has 32 heavy (non-hydrogen) atoms. The summed E-state index contributed by atoms with van der Waals surface area (Å²) in [5.41, 5.74) is 1.42. The highest BCUT2D eigenvalue weighted by Gasteiger charge is 2.53. The van der Waals surface area contributed by atoms with Gasteiger partial charge in [-0.25, -0.2) is 0 Å². The fourth-order valence-corrected chi connectivity index (χ4v) is 4.93. The summed E-state index contributed by atoms with van der Waals surface area (Å²) in [4.78, 5) is 14.0. The first-order chi connectivity index (χ1) is 15.5. The van der Waals surface area contributed by atoms with Crippen LogP contribution in [0.4, 0.5) is 11.4 Å². The molecule has 0 aromatic heterocycles. The predicted octanol–water partition coefficient (Wildman–Crippen LogP) is 3.91. The summed E-state index contributed by atoms with van der Waals surface area (Å²) in [6.07, 6.45) is 1.78. The van der Waals surface area contributed by atoms with Crippen LogP contribution in [0.1, 0.15) is 5.56 Å². The molecular formula is C22H24N2O7S. The number of methoxy groups -OCH3 is 2. The Bertz CT molecular complexity index is 1040. The third-order valence-corrected chi connectivity index (χ3v) is 6.57. The molecule has 0 saturated carbocycles. The van der Waals surface area contributed by atoms with Crippen LogP contribution in [0.3, 0.4) is 0 Å². The van der Waals surface area contributed by atoms with E-state index in [-0.39, 0.29) is 18.0 Å². The van der Waals surface area contributed by atoms with Gasteiger partial charge in [-0.05, 0) is 30.0 Å². The van der Waals surface area contributed by atoms with Crippen molar-refractivity contribution in [1.82, 2.24) is 0 Å². The monoisotopic (exact) mass is 460 g/mol. The summed E-state index contributed by atoms with van der Waals surface area (Å²) >= 11 is 1.50. The van der Waals surface area contributed by atoms with Gasteiger partial charge in [-0.3, -0.25) is 10.1 Å². The van der Waals surface area contributed by atoms with E-state index < -0.39 is 9.98 Å². The molecule has 1 unspecified atom stereocenters. The molecule has 0 N–H and O–H groups in total. The van der Waals surface area contributed by atoms with Gasteiger partial charge in [-0.15, -0.1) is 0 Å². The van der Waals surface area contributed by atoms with Gasteiger partial charge >= 0.3 is 0 Å². The van der Waals surface area contributed by atoms with Crippen molar-refractivity contribution in [3.8, 4) is 11.5 Å². The number of nitrogens with zero attached hydrogens (tertiary/aromatic N) is 2. The Morgan fingerprint density at radius 2 is 1.94 bits per heavy atom. The van der Waals surface area contributed by atoms with Crippen LogP contribution < -0.4 is 14.4 Å². The number of para-hydroxylation sites is 1. The summed E-state index contributed by atoms with van der Waals surface area (Å²) in [6.45, 7) is 1.61. The molecule has 1 atom stereocenters. The molecule has 0 amide bonds. The quantitative estimate of drug-likeness (QED) is 0.314. The van der Waals surface area contributed by atoms with Crippen molar-refractivity contribution in [2.24, 2.45) is 0 Å². The second-order valence-electron chi connectivity index (χ2n) is 7.10. The van der Waals surface area contributed by atoms with Gasteiger partial charge in [0.15, 0.2) is 17.3 Å². The van der Waals surface area contributed by atoms with E-state index in [4.69, 9.17) is 23.7 Å². The number of hydrogen-bond donors (Lipinski definition) is 0. The molecule has 10 heteroatoms. The summed E-state index contributed by atoms with van der Waals surface area (Å²) < 4.78 is 28.6. The Balaban J connectivity index is 1.71. The maximum atomic E-state index is 11.4. The number of non-ortho nitro benzene ring substituents is 1. The van der Waals surface area contributed by atoms with Crippen molar-refractivity contribution in [3.05, 3.63) is 57.8 Å². The molecule has 0 saturated heterocycles. The summed E-state index contributed by atoms with van der Waals surface area (Å²) in [6, 6.07) is 10.8. The molecule has 9 nitrogen and oxygen atoms in total. The van der Waals surface area contributed by atoms with Crippen LogP contribution in [0.2, 0.25) is 0 Å². The average molecular weight is 461 g/mol. The zero-order valence-corrected chi connectivity index (χ0v) is 18.8. The van der Waals surface area contributed by atoms with E-state index in [9.17, 15) is 10.1 Å². The normalized spacial score (nSPS) is 18.6. The van der Waals surface area contributed by atoms with E-state index in [0.29, 0.717) is 36.9 Å². The third kappa shape index (κ3) is 3.96. The number of fused-ring (bicyclic) bond motifs is 2. The van der Waals surface area contributed by atoms with E-state index >= 15 is 0 Å². The average Bonchev–Trinajstić information content (AvgIpc) is 3.07. The highest BCUT2D eigenvalue weighted by atomic mass is 32.2. The number of rotatable bonds is 9. The molecule has 1 spiro atoms.